The van der Waals surface area contributed by atoms with E-state index in [2.05, 4.69) is 21.5 Å². The number of carbonyl (C=O) groups excluding carboxylic acids is 2. The molecular weight excluding hydrogens is 264 g/mol. The zero-order valence-corrected chi connectivity index (χ0v) is 12.2. The maximum Gasteiger partial charge on any atom is 0.305 e. The number of rotatable bonds is 8. The summed E-state index contributed by atoms with van der Waals surface area (Å²) in [6.07, 6.45) is 0.939. The molecule has 106 valence electrons. The minimum Gasteiger partial charge on any atom is -0.469 e. The molecule has 0 fully saturated rings. The first-order valence-corrected chi connectivity index (χ1v) is 7.09. The number of esters is 1. The Labute approximate surface area is 117 Å². The third-order valence-corrected chi connectivity index (χ3v) is 3.29. The predicted molar refractivity (Wildman–Crippen MR) is 74.9 cm³/mol. The van der Waals surface area contributed by atoms with Crippen molar-refractivity contribution in [1.29, 1.82) is 0 Å². The Balaban J connectivity index is 2.11. The van der Waals surface area contributed by atoms with Crippen molar-refractivity contribution in [2.24, 2.45) is 0 Å². The molecule has 0 unspecified atom stereocenters. The molecule has 6 heteroatoms. The van der Waals surface area contributed by atoms with Gasteiger partial charge in [0, 0.05) is 19.5 Å². The van der Waals surface area contributed by atoms with E-state index in [9.17, 15) is 9.59 Å². The molecule has 1 aromatic heterocycles. The summed E-state index contributed by atoms with van der Waals surface area (Å²) in [5.74, 6) is -0.272. The van der Waals surface area contributed by atoms with Gasteiger partial charge in [-0.1, -0.05) is 0 Å². The minimum absolute atomic E-state index is 0.0254. The summed E-state index contributed by atoms with van der Waals surface area (Å²) < 4.78 is 4.52. The molecule has 0 saturated heterocycles. The summed E-state index contributed by atoms with van der Waals surface area (Å²) in [6.45, 7) is 1.62. The van der Waals surface area contributed by atoms with Gasteiger partial charge in [-0.15, -0.1) is 0 Å². The van der Waals surface area contributed by atoms with Gasteiger partial charge >= 0.3 is 5.97 Å². The highest BCUT2D eigenvalue weighted by Gasteiger charge is 2.07. The average Bonchev–Trinajstić information content (AvgIpc) is 2.86. The number of nitrogens with zero attached hydrogens (tertiary/aromatic N) is 1. The largest absolute Gasteiger partial charge is 0.469 e. The van der Waals surface area contributed by atoms with Crippen LogP contribution in [0.2, 0.25) is 0 Å². The van der Waals surface area contributed by atoms with Crippen LogP contribution in [0.15, 0.2) is 16.8 Å². The molecule has 0 atom stereocenters. The van der Waals surface area contributed by atoms with Gasteiger partial charge in [-0.05, 0) is 35.9 Å². The number of hydrogen-bond acceptors (Lipinski definition) is 5. The van der Waals surface area contributed by atoms with E-state index in [-0.39, 0.29) is 11.9 Å². The normalized spacial score (nSPS) is 10.5. The van der Waals surface area contributed by atoms with Gasteiger partial charge in [-0.25, -0.2) is 0 Å². The highest BCUT2D eigenvalue weighted by molar-refractivity contribution is 7.07. The second-order valence-corrected chi connectivity index (χ2v) is 5.11. The lowest BCUT2D eigenvalue weighted by atomic mass is 10.3. The molecule has 1 aromatic rings. The third kappa shape index (κ3) is 6.93. The Kier molecular flexibility index (Phi) is 7.14. The molecular formula is C13H20N2O3S. The van der Waals surface area contributed by atoms with Crippen LogP contribution in [0, 0.1) is 0 Å². The number of methoxy groups -OCH3 is 1. The summed E-state index contributed by atoms with van der Waals surface area (Å²) in [4.78, 5) is 24.5. The van der Waals surface area contributed by atoms with E-state index >= 15 is 0 Å². The van der Waals surface area contributed by atoms with Crippen molar-refractivity contribution in [3.8, 4) is 0 Å². The topological polar surface area (TPSA) is 58.6 Å². The van der Waals surface area contributed by atoms with E-state index in [4.69, 9.17) is 0 Å². The standard InChI is InChI=1S/C13H20N2O3S/c1-15(8-11-5-7-19-10-11)9-12(16)14-6-3-4-13(17)18-2/h5,7,10H,3-4,6,8-9H2,1-2H3,(H,14,16). The van der Waals surface area contributed by atoms with Crippen molar-refractivity contribution in [2.75, 3.05) is 27.2 Å². The summed E-state index contributed by atoms with van der Waals surface area (Å²) >= 11 is 1.65. The van der Waals surface area contributed by atoms with Crippen molar-refractivity contribution in [2.45, 2.75) is 19.4 Å². The van der Waals surface area contributed by atoms with Gasteiger partial charge < -0.3 is 10.1 Å². The Morgan fingerprint density at radius 1 is 1.47 bits per heavy atom. The molecule has 1 heterocycles. The minimum atomic E-state index is -0.246. The van der Waals surface area contributed by atoms with Crippen LogP contribution in [0.3, 0.4) is 0 Å². The van der Waals surface area contributed by atoms with Gasteiger partial charge in [-0.3, -0.25) is 14.5 Å². The Bertz CT molecular complexity index is 393. The fourth-order valence-electron chi connectivity index (χ4n) is 1.61. The molecule has 0 bridgehead atoms. The molecule has 5 nitrogen and oxygen atoms in total. The van der Waals surface area contributed by atoms with E-state index in [0.717, 1.165) is 6.54 Å². The smallest absolute Gasteiger partial charge is 0.305 e. The molecule has 0 radical (unpaired) electrons. The third-order valence-electron chi connectivity index (χ3n) is 2.55. The van der Waals surface area contributed by atoms with E-state index in [1.165, 1.54) is 12.7 Å². The number of carbonyl (C=O) groups is 2. The second kappa shape index (κ2) is 8.66. The highest BCUT2D eigenvalue weighted by atomic mass is 32.1. The zero-order valence-electron chi connectivity index (χ0n) is 11.3. The van der Waals surface area contributed by atoms with E-state index in [1.54, 1.807) is 11.3 Å². The number of ether oxygens (including phenoxy) is 1. The molecule has 1 amide bonds. The molecule has 0 aliphatic heterocycles. The first kappa shape index (κ1) is 15.7. The van der Waals surface area contributed by atoms with Crippen LogP contribution in [0.4, 0.5) is 0 Å². The van der Waals surface area contributed by atoms with Gasteiger partial charge in [0.25, 0.3) is 0 Å². The summed E-state index contributed by atoms with van der Waals surface area (Å²) in [6, 6.07) is 2.05. The SMILES string of the molecule is COC(=O)CCCNC(=O)CN(C)Cc1ccsc1. The quantitative estimate of drug-likeness (QED) is 0.576. The van der Waals surface area contributed by atoms with Crippen LogP contribution in [0.25, 0.3) is 0 Å². The first-order valence-electron chi connectivity index (χ1n) is 6.15. The van der Waals surface area contributed by atoms with Crippen LogP contribution >= 0.6 is 11.3 Å². The second-order valence-electron chi connectivity index (χ2n) is 4.33. The summed E-state index contributed by atoms with van der Waals surface area (Å²) in [7, 11) is 3.27. The van der Waals surface area contributed by atoms with Gasteiger partial charge in [-0.2, -0.15) is 11.3 Å². The lowest BCUT2D eigenvalue weighted by Gasteiger charge is -2.15. The number of hydrogen-bond donors (Lipinski definition) is 1. The Morgan fingerprint density at radius 3 is 2.89 bits per heavy atom. The highest BCUT2D eigenvalue weighted by Crippen LogP contribution is 2.07. The molecule has 1 N–H and O–H groups in total. The van der Waals surface area contributed by atoms with Crippen LogP contribution in [-0.4, -0.2) is 44.0 Å². The summed E-state index contributed by atoms with van der Waals surface area (Å²) in [5.41, 5.74) is 1.21. The molecule has 0 spiro atoms. The Hall–Kier alpha value is -1.40. The lowest BCUT2D eigenvalue weighted by Crippen LogP contribution is -2.35. The van der Waals surface area contributed by atoms with E-state index in [1.807, 2.05) is 17.3 Å². The monoisotopic (exact) mass is 284 g/mol. The van der Waals surface area contributed by atoms with Crippen molar-refractivity contribution in [1.82, 2.24) is 10.2 Å². The molecule has 0 aliphatic carbocycles. The number of thiophene rings is 1. The zero-order chi connectivity index (χ0) is 14.1. The van der Waals surface area contributed by atoms with Gasteiger partial charge in [0.2, 0.25) is 5.91 Å². The first-order chi connectivity index (χ1) is 9.11. The summed E-state index contributed by atoms with van der Waals surface area (Å²) in [5, 5.41) is 6.88. The lowest BCUT2D eigenvalue weighted by molar-refractivity contribution is -0.140. The molecule has 0 aromatic carbocycles. The van der Waals surface area contributed by atoms with Crippen LogP contribution in [0.1, 0.15) is 18.4 Å². The van der Waals surface area contributed by atoms with E-state index in [0.29, 0.717) is 25.9 Å². The van der Waals surface area contributed by atoms with Gasteiger partial charge in [0.1, 0.15) is 0 Å². The maximum absolute atomic E-state index is 11.6. The van der Waals surface area contributed by atoms with Crippen LogP contribution in [0.5, 0.6) is 0 Å². The van der Waals surface area contributed by atoms with Crippen LogP contribution in [-0.2, 0) is 20.9 Å². The Morgan fingerprint density at radius 2 is 2.26 bits per heavy atom. The molecule has 0 saturated carbocycles. The van der Waals surface area contributed by atoms with Crippen LogP contribution < -0.4 is 5.32 Å². The van der Waals surface area contributed by atoms with Gasteiger partial charge in [0.15, 0.2) is 0 Å². The van der Waals surface area contributed by atoms with Gasteiger partial charge in [0.05, 0.1) is 13.7 Å². The number of likely N-dealkylation sites (N-methyl/N-ethyl adjacent to an activating group) is 1. The van der Waals surface area contributed by atoms with Crippen molar-refractivity contribution in [3.63, 3.8) is 0 Å². The predicted octanol–water partition coefficient (Wildman–Crippen LogP) is 1.25. The molecule has 1 rings (SSSR count). The fraction of sp³-hybridized carbons (Fsp3) is 0.538. The number of amides is 1. The number of nitrogens with one attached hydrogen (secondary N) is 1. The average molecular weight is 284 g/mol. The van der Waals surface area contributed by atoms with Crippen molar-refractivity contribution < 1.29 is 14.3 Å². The maximum atomic E-state index is 11.6. The molecule has 0 aliphatic rings. The van der Waals surface area contributed by atoms with Crippen molar-refractivity contribution >= 4 is 23.2 Å². The van der Waals surface area contributed by atoms with Crippen molar-refractivity contribution in [3.05, 3.63) is 22.4 Å². The fourth-order valence-corrected chi connectivity index (χ4v) is 2.27. The van der Waals surface area contributed by atoms with E-state index < -0.39 is 0 Å². The molecule has 19 heavy (non-hydrogen) atoms.